The Labute approximate surface area is 132 Å². The van der Waals surface area contributed by atoms with Gasteiger partial charge in [-0.15, -0.1) is 0 Å². The second kappa shape index (κ2) is 6.60. The number of ether oxygens (including phenoxy) is 1. The van der Waals surface area contributed by atoms with E-state index in [-0.39, 0.29) is 17.2 Å². The summed E-state index contributed by atoms with van der Waals surface area (Å²) in [5.74, 6) is 1.87. The molecule has 1 amide bonds. The number of hydrogen-bond acceptors (Lipinski definition) is 5. The molecule has 2 heterocycles. The van der Waals surface area contributed by atoms with Gasteiger partial charge in [0.25, 0.3) is 0 Å². The predicted molar refractivity (Wildman–Crippen MR) is 85.8 cm³/mol. The van der Waals surface area contributed by atoms with Gasteiger partial charge < -0.3 is 15.0 Å². The summed E-state index contributed by atoms with van der Waals surface area (Å²) >= 11 is 0. The number of amides is 1. The van der Waals surface area contributed by atoms with Crippen LogP contribution < -0.4 is 10.2 Å². The molecule has 1 aliphatic rings. The molecule has 1 aromatic rings. The molecule has 0 unspecified atom stereocenters. The van der Waals surface area contributed by atoms with Crippen LogP contribution in [0.2, 0.25) is 0 Å². The fourth-order valence-electron chi connectivity index (χ4n) is 2.35. The van der Waals surface area contributed by atoms with Crippen LogP contribution in [0.15, 0.2) is 6.07 Å². The Morgan fingerprint density at radius 3 is 2.64 bits per heavy atom. The number of carbonyl (C=O) groups is 1. The zero-order valence-corrected chi connectivity index (χ0v) is 14.1. The van der Waals surface area contributed by atoms with Gasteiger partial charge in [-0.2, -0.15) is 0 Å². The van der Waals surface area contributed by atoms with Crippen LogP contribution >= 0.6 is 0 Å². The van der Waals surface area contributed by atoms with Crippen LogP contribution in [0.3, 0.4) is 0 Å². The maximum Gasteiger partial charge on any atom is 0.226 e. The van der Waals surface area contributed by atoms with E-state index in [1.165, 1.54) is 0 Å². The van der Waals surface area contributed by atoms with Crippen molar-refractivity contribution >= 4 is 11.7 Å². The van der Waals surface area contributed by atoms with Crippen LogP contribution in [0.4, 0.5) is 5.82 Å². The van der Waals surface area contributed by atoms with Gasteiger partial charge in [0.2, 0.25) is 5.91 Å². The molecule has 0 spiro atoms. The van der Waals surface area contributed by atoms with Crippen LogP contribution in [0.1, 0.15) is 39.2 Å². The van der Waals surface area contributed by atoms with Crippen molar-refractivity contribution in [3.8, 4) is 0 Å². The van der Waals surface area contributed by atoms with E-state index >= 15 is 0 Å². The summed E-state index contributed by atoms with van der Waals surface area (Å²) in [7, 11) is 1.66. The van der Waals surface area contributed by atoms with Gasteiger partial charge in [0.1, 0.15) is 11.6 Å². The number of methoxy groups -OCH3 is 1. The zero-order chi connectivity index (χ0) is 16.3. The van der Waals surface area contributed by atoms with Crippen molar-refractivity contribution in [1.29, 1.82) is 0 Å². The third-order valence-electron chi connectivity index (χ3n) is 3.66. The van der Waals surface area contributed by atoms with Crippen molar-refractivity contribution in [2.24, 2.45) is 5.92 Å². The van der Waals surface area contributed by atoms with Crippen molar-refractivity contribution < 1.29 is 9.53 Å². The molecule has 1 fully saturated rings. The minimum Gasteiger partial charge on any atom is -0.378 e. The molecule has 1 aromatic heterocycles. The molecule has 0 atom stereocenters. The number of carbonyl (C=O) groups excluding carboxylic acids is 1. The number of aromatic nitrogens is 2. The standard InChI is InChI=1S/C16H26N4O2/c1-6-17-14(21)11-8-20(9-11)13-7-12(10-22-5)18-15(19-13)16(2,3)4/h7,11H,6,8-10H2,1-5H3,(H,17,21). The van der Waals surface area contributed by atoms with E-state index in [0.717, 1.165) is 17.3 Å². The summed E-state index contributed by atoms with van der Waals surface area (Å²) in [6.45, 7) is 10.8. The molecular formula is C16H26N4O2. The van der Waals surface area contributed by atoms with Crippen LogP contribution in [0.25, 0.3) is 0 Å². The average molecular weight is 306 g/mol. The molecule has 6 nitrogen and oxygen atoms in total. The van der Waals surface area contributed by atoms with Crippen molar-refractivity contribution in [2.45, 2.75) is 39.7 Å². The molecule has 0 aliphatic carbocycles. The first kappa shape index (κ1) is 16.7. The van der Waals surface area contributed by atoms with Crippen molar-refractivity contribution in [3.63, 3.8) is 0 Å². The SMILES string of the molecule is CCNC(=O)C1CN(c2cc(COC)nc(C(C)(C)C)n2)C1. The topological polar surface area (TPSA) is 67.4 Å². The zero-order valence-electron chi connectivity index (χ0n) is 14.1. The van der Waals surface area contributed by atoms with E-state index in [4.69, 9.17) is 4.74 Å². The van der Waals surface area contributed by atoms with Crippen LogP contribution in [-0.4, -0.2) is 42.6 Å². The summed E-state index contributed by atoms with van der Waals surface area (Å²) in [5.41, 5.74) is 0.751. The van der Waals surface area contributed by atoms with Gasteiger partial charge in [-0.3, -0.25) is 4.79 Å². The average Bonchev–Trinajstić information content (AvgIpc) is 2.36. The highest BCUT2D eigenvalue weighted by Crippen LogP contribution is 2.27. The molecule has 22 heavy (non-hydrogen) atoms. The van der Waals surface area contributed by atoms with E-state index < -0.39 is 0 Å². The van der Waals surface area contributed by atoms with Gasteiger partial charge in [0.05, 0.1) is 18.2 Å². The molecule has 6 heteroatoms. The van der Waals surface area contributed by atoms with Crippen molar-refractivity contribution in [1.82, 2.24) is 15.3 Å². The molecule has 0 saturated carbocycles. The smallest absolute Gasteiger partial charge is 0.226 e. The van der Waals surface area contributed by atoms with E-state index in [9.17, 15) is 4.79 Å². The number of nitrogens with one attached hydrogen (secondary N) is 1. The Balaban J connectivity index is 2.14. The molecule has 2 rings (SSSR count). The highest BCUT2D eigenvalue weighted by atomic mass is 16.5. The lowest BCUT2D eigenvalue weighted by atomic mass is 9.95. The van der Waals surface area contributed by atoms with Gasteiger partial charge >= 0.3 is 0 Å². The quantitative estimate of drug-likeness (QED) is 0.893. The third-order valence-corrected chi connectivity index (χ3v) is 3.66. The summed E-state index contributed by atoms with van der Waals surface area (Å²) in [5, 5.41) is 2.87. The van der Waals surface area contributed by atoms with Gasteiger partial charge in [0.15, 0.2) is 0 Å². The predicted octanol–water partition coefficient (Wildman–Crippen LogP) is 1.49. The molecule has 122 valence electrons. The molecule has 1 N–H and O–H groups in total. The number of nitrogens with zero attached hydrogens (tertiary/aromatic N) is 3. The summed E-state index contributed by atoms with van der Waals surface area (Å²) in [4.78, 5) is 23.2. The minimum absolute atomic E-state index is 0.0545. The second-order valence-electron chi connectivity index (χ2n) is 6.72. The largest absolute Gasteiger partial charge is 0.378 e. The number of rotatable bonds is 5. The Morgan fingerprint density at radius 2 is 2.09 bits per heavy atom. The first-order chi connectivity index (χ1) is 10.3. The summed E-state index contributed by atoms with van der Waals surface area (Å²) in [6.07, 6.45) is 0. The Kier molecular flexibility index (Phi) is 5.01. The first-order valence-corrected chi connectivity index (χ1v) is 7.75. The van der Waals surface area contributed by atoms with Crippen LogP contribution in [0.5, 0.6) is 0 Å². The lowest BCUT2D eigenvalue weighted by Crippen LogP contribution is -2.54. The lowest BCUT2D eigenvalue weighted by molar-refractivity contribution is -0.125. The second-order valence-corrected chi connectivity index (χ2v) is 6.72. The first-order valence-electron chi connectivity index (χ1n) is 7.75. The fourth-order valence-corrected chi connectivity index (χ4v) is 2.35. The number of anilines is 1. The van der Waals surface area contributed by atoms with Crippen molar-refractivity contribution in [2.75, 3.05) is 31.6 Å². The summed E-state index contributed by atoms with van der Waals surface area (Å²) < 4.78 is 5.20. The maximum atomic E-state index is 11.8. The third kappa shape index (κ3) is 3.74. The minimum atomic E-state index is -0.123. The van der Waals surface area contributed by atoms with E-state index in [1.54, 1.807) is 7.11 Å². The molecule has 0 bridgehead atoms. The molecule has 0 aromatic carbocycles. The van der Waals surface area contributed by atoms with Gasteiger partial charge in [-0.25, -0.2) is 9.97 Å². The molecule has 0 radical (unpaired) electrons. The van der Waals surface area contributed by atoms with Gasteiger partial charge in [0, 0.05) is 38.2 Å². The van der Waals surface area contributed by atoms with E-state index in [0.29, 0.717) is 26.2 Å². The highest BCUT2D eigenvalue weighted by Gasteiger charge is 2.34. The molecule has 1 saturated heterocycles. The lowest BCUT2D eigenvalue weighted by Gasteiger charge is -2.39. The number of hydrogen-bond donors (Lipinski definition) is 1. The Morgan fingerprint density at radius 1 is 1.41 bits per heavy atom. The molecular weight excluding hydrogens is 280 g/mol. The fraction of sp³-hybridized carbons (Fsp3) is 0.688. The normalized spacial score (nSPS) is 15.6. The molecule has 1 aliphatic heterocycles. The van der Waals surface area contributed by atoms with E-state index in [2.05, 4.69) is 41.0 Å². The van der Waals surface area contributed by atoms with Crippen LogP contribution in [-0.2, 0) is 21.6 Å². The van der Waals surface area contributed by atoms with Gasteiger partial charge in [-0.1, -0.05) is 20.8 Å². The van der Waals surface area contributed by atoms with Crippen LogP contribution in [0, 0.1) is 5.92 Å². The summed E-state index contributed by atoms with van der Waals surface area (Å²) in [6, 6.07) is 1.95. The van der Waals surface area contributed by atoms with Gasteiger partial charge in [-0.05, 0) is 6.92 Å². The highest BCUT2D eigenvalue weighted by molar-refractivity contribution is 5.81. The van der Waals surface area contributed by atoms with Crippen molar-refractivity contribution in [3.05, 3.63) is 17.6 Å². The maximum absolute atomic E-state index is 11.8. The van der Waals surface area contributed by atoms with E-state index in [1.807, 2.05) is 13.0 Å². The monoisotopic (exact) mass is 306 g/mol. The Bertz CT molecular complexity index is 533. The Hall–Kier alpha value is -1.69.